The van der Waals surface area contributed by atoms with Crippen molar-refractivity contribution in [3.8, 4) is 5.75 Å². The van der Waals surface area contributed by atoms with Gasteiger partial charge in [0, 0.05) is 16.7 Å². The molecule has 0 spiro atoms. The van der Waals surface area contributed by atoms with E-state index in [4.69, 9.17) is 4.74 Å². The molecule has 0 radical (unpaired) electrons. The Morgan fingerprint density at radius 1 is 1.37 bits per heavy atom. The maximum atomic E-state index is 5.76. The van der Waals surface area contributed by atoms with Gasteiger partial charge in [-0.1, -0.05) is 22.9 Å². The van der Waals surface area contributed by atoms with Crippen molar-refractivity contribution in [3.05, 3.63) is 46.2 Å². The molecular formula is C15H19BrN2O. The number of hydrogen-bond acceptors (Lipinski definition) is 2. The number of hydrogen-bond donors (Lipinski definition) is 0. The van der Waals surface area contributed by atoms with Gasteiger partial charge in [0.1, 0.15) is 12.4 Å². The van der Waals surface area contributed by atoms with Crippen LogP contribution in [0.4, 0.5) is 0 Å². The highest BCUT2D eigenvalue weighted by Crippen LogP contribution is 2.22. The van der Waals surface area contributed by atoms with Gasteiger partial charge in [0.2, 0.25) is 0 Å². The van der Waals surface area contributed by atoms with E-state index in [1.807, 2.05) is 35.1 Å². The second-order valence-electron chi connectivity index (χ2n) is 4.74. The molecule has 0 aliphatic rings. The summed E-state index contributed by atoms with van der Waals surface area (Å²) in [5, 5.41) is 4.52. The summed E-state index contributed by atoms with van der Waals surface area (Å²) in [7, 11) is 0. The van der Waals surface area contributed by atoms with Crippen molar-refractivity contribution in [1.82, 2.24) is 9.78 Å². The molecule has 0 saturated heterocycles. The van der Waals surface area contributed by atoms with Crippen LogP contribution in [0.1, 0.15) is 37.6 Å². The zero-order chi connectivity index (χ0) is 13.8. The van der Waals surface area contributed by atoms with Gasteiger partial charge < -0.3 is 4.74 Å². The molecule has 0 bridgehead atoms. The first-order valence-corrected chi connectivity index (χ1v) is 7.32. The molecule has 0 N–H and O–H groups in total. The SMILES string of the molecule is CCC(C)n1ccc(COc2ccc(Br)c(C)c2)n1. The van der Waals surface area contributed by atoms with Crippen LogP contribution >= 0.6 is 15.9 Å². The Balaban J connectivity index is 1.98. The van der Waals surface area contributed by atoms with Crippen LogP contribution in [0.5, 0.6) is 5.75 Å². The van der Waals surface area contributed by atoms with Crippen LogP contribution in [-0.2, 0) is 6.61 Å². The second-order valence-corrected chi connectivity index (χ2v) is 5.60. The van der Waals surface area contributed by atoms with E-state index >= 15 is 0 Å². The van der Waals surface area contributed by atoms with Crippen LogP contribution in [0, 0.1) is 6.92 Å². The molecule has 1 aromatic carbocycles. The van der Waals surface area contributed by atoms with Crippen molar-refractivity contribution in [2.75, 3.05) is 0 Å². The lowest BCUT2D eigenvalue weighted by atomic mass is 10.2. The van der Waals surface area contributed by atoms with Gasteiger partial charge in [0.15, 0.2) is 0 Å². The number of benzene rings is 1. The summed E-state index contributed by atoms with van der Waals surface area (Å²) in [4.78, 5) is 0. The summed E-state index contributed by atoms with van der Waals surface area (Å²) in [5.74, 6) is 0.874. The van der Waals surface area contributed by atoms with Gasteiger partial charge in [-0.25, -0.2) is 0 Å². The fraction of sp³-hybridized carbons (Fsp3) is 0.400. The predicted molar refractivity (Wildman–Crippen MR) is 80.4 cm³/mol. The highest BCUT2D eigenvalue weighted by Gasteiger charge is 2.05. The van der Waals surface area contributed by atoms with E-state index in [2.05, 4.69) is 41.8 Å². The van der Waals surface area contributed by atoms with E-state index in [0.29, 0.717) is 12.6 Å². The van der Waals surface area contributed by atoms with Crippen LogP contribution in [0.25, 0.3) is 0 Å². The summed E-state index contributed by atoms with van der Waals surface area (Å²) in [6, 6.07) is 8.43. The van der Waals surface area contributed by atoms with Gasteiger partial charge in [-0.05, 0) is 50.1 Å². The predicted octanol–water partition coefficient (Wildman–Crippen LogP) is 4.50. The van der Waals surface area contributed by atoms with Gasteiger partial charge >= 0.3 is 0 Å². The molecule has 0 aliphatic carbocycles. The minimum atomic E-state index is 0.434. The van der Waals surface area contributed by atoms with Crippen LogP contribution in [0.2, 0.25) is 0 Å². The van der Waals surface area contributed by atoms with Crippen molar-refractivity contribution >= 4 is 15.9 Å². The second kappa shape index (κ2) is 6.24. The summed E-state index contributed by atoms with van der Waals surface area (Å²) < 4.78 is 8.85. The van der Waals surface area contributed by atoms with Crippen molar-refractivity contribution in [3.63, 3.8) is 0 Å². The molecule has 0 amide bonds. The minimum absolute atomic E-state index is 0.434. The standard InChI is InChI=1S/C15H19BrN2O/c1-4-12(3)18-8-7-13(17-18)10-19-14-5-6-15(16)11(2)9-14/h5-9,12H,4,10H2,1-3H3. The molecule has 1 atom stereocenters. The van der Waals surface area contributed by atoms with E-state index in [-0.39, 0.29) is 0 Å². The maximum absolute atomic E-state index is 5.76. The molecular weight excluding hydrogens is 304 g/mol. The molecule has 19 heavy (non-hydrogen) atoms. The smallest absolute Gasteiger partial charge is 0.132 e. The molecule has 0 saturated carbocycles. The Hall–Kier alpha value is -1.29. The fourth-order valence-electron chi connectivity index (χ4n) is 1.75. The average Bonchev–Trinajstić information content (AvgIpc) is 2.88. The summed E-state index contributed by atoms with van der Waals surface area (Å²) in [5.41, 5.74) is 2.13. The lowest BCUT2D eigenvalue weighted by molar-refractivity contribution is 0.298. The quantitative estimate of drug-likeness (QED) is 0.810. The van der Waals surface area contributed by atoms with E-state index in [1.54, 1.807) is 0 Å². The first-order valence-electron chi connectivity index (χ1n) is 6.53. The van der Waals surface area contributed by atoms with Crippen molar-refractivity contribution in [2.45, 2.75) is 39.8 Å². The van der Waals surface area contributed by atoms with Crippen LogP contribution in [0.3, 0.4) is 0 Å². The van der Waals surface area contributed by atoms with Gasteiger partial charge in [0.05, 0.1) is 5.69 Å². The van der Waals surface area contributed by atoms with Crippen LogP contribution in [-0.4, -0.2) is 9.78 Å². The number of aromatic nitrogens is 2. The number of ether oxygens (including phenoxy) is 1. The molecule has 0 aliphatic heterocycles. The lowest BCUT2D eigenvalue weighted by Gasteiger charge is -2.09. The third-order valence-corrected chi connectivity index (χ3v) is 4.11. The van der Waals surface area contributed by atoms with Crippen LogP contribution in [0.15, 0.2) is 34.9 Å². The van der Waals surface area contributed by atoms with E-state index in [9.17, 15) is 0 Å². The third kappa shape index (κ3) is 3.60. The summed E-state index contributed by atoms with van der Waals surface area (Å²) >= 11 is 3.48. The minimum Gasteiger partial charge on any atom is -0.487 e. The highest BCUT2D eigenvalue weighted by atomic mass is 79.9. The first-order chi connectivity index (χ1) is 9.10. The number of rotatable bonds is 5. The number of nitrogens with zero attached hydrogens (tertiary/aromatic N) is 2. The maximum Gasteiger partial charge on any atom is 0.132 e. The number of halogens is 1. The van der Waals surface area contributed by atoms with Crippen molar-refractivity contribution in [2.24, 2.45) is 0 Å². The topological polar surface area (TPSA) is 27.1 Å². The molecule has 4 heteroatoms. The lowest BCUT2D eigenvalue weighted by Crippen LogP contribution is -2.05. The molecule has 0 fully saturated rings. The normalized spacial score (nSPS) is 12.4. The Labute approximate surface area is 122 Å². The Morgan fingerprint density at radius 3 is 2.84 bits per heavy atom. The summed E-state index contributed by atoms with van der Waals surface area (Å²) in [6.45, 7) is 6.88. The van der Waals surface area contributed by atoms with Gasteiger partial charge in [0.25, 0.3) is 0 Å². The van der Waals surface area contributed by atoms with Crippen molar-refractivity contribution < 1.29 is 4.74 Å². The van der Waals surface area contributed by atoms with Gasteiger partial charge in [-0.2, -0.15) is 5.10 Å². The zero-order valence-corrected chi connectivity index (χ0v) is 13.1. The van der Waals surface area contributed by atoms with Gasteiger partial charge in [-0.3, -0.25) is 4.68 Å². The Kier molecular flexibility index (Phi) is 4.64. The Morgan fingerprint density at radius 2 is 2.16 bits per heavy atom. The third-order valence-electron chi connectivity index (χ3n) is 3.22. The summed E-state index contributed by atoms with van der Waals surface area (Å²) in [6.07, 6.45) is 3.09. The molecule has 2 rings (SSSR count). The monoisotopic (exact) mass is 322 g/mol. The van der Waals surface area contributed by atoms with E-state index in [1.165, 1.54) is 5.56 Å². The molecule has 3 nitrogen and oxygen atoms in total. The van der Waals surface area contributed by atoms with Gasteiger partial charge in [-0.15, -0.1) is 0 Å². The van der Waals surface area contributed by atoms with Crippen molar-refractivity contribution in [1.29, 1.82) is 0 Å². The molecule has 102 valence electrons. The average molecular weight is 323 g/mol. The van der Waals surface area contributed by atoms with Crippen LogP contribution < -0.4 is 4.74 Å². The zero-order valence-electron chi connectivity index (χ0n) is 11.6. The van der Waals surface area contributed by atoms with E-state index < -0.39 is 0 Å². The Bertz CT molecular complexity index is 551. The number of aryl methyl sites for hydroxylation is 1. The molecule has 2 aromatic rings. The molecule has 1 aromatic heterocycles. The largest absolute Gasteiger partial charge is 0.487 e. The molecule has 1 heterocycles. The highest BCUT2D eigenvalue weighted by molar-refractivity contribution is 9.10. The first kappa shape index (κ1) is 14.1. The molecule has 1 unspecified atom stereocenters. The van der Waals surface area contributed by atoms with E-state index in [0.717, 1.165) is 22.3 Å². The fourth-order valence-corrected chi connectivity index (χ4v) is 2.00.